The van der Waals surface area contributed by atoms with Crippen LogP contribution in [0.2, 0.25) is 0 Å². The first kappa shape index (κ1) is 15.2. The minimum absolute atomic E-state index is 0.139. The van der Waals surface area contributed by atoms with Crippen molar-refractivity contribution in [1.82, 2.24) is 9.97 Å². The molecule has 0 atom stereocenters. The van der Waals surface area contributed by atoms with Gasteiger partial charge in [0.1, 0.15) is 4.75 Å². The van der Waals surface area contributed by atoms with Gasteiger partial charge in [0.25, 0.3) is 0 Å². The molecule has 2 N–H and O–H groups in total. The Labute approximate surface area is 119 Å². The summed E-state index contributed by atoms with van der Waals surface area (Å²) in [6.45, 7) is 2.65. The van der Waals surface area contributed by atoms with Crippen LogP contribution in [-0.4, -0.2) is 35.2 Å². The number of ketones is 1. The minimum atomic E-state index is -3.60. The van der Waals surface area contributed by atoms with Crippen molar-refractivity contribution in [2.45, 2.75) is 18.6 Å². The van der Waals surface area contributed by atoms with Gasteiger partial charge in [-0.2, -0.15) is 0 Å². The van der Waals surface area contributed by atoms with Gasteiger partial charge in [0.2, 0.25) is 0 Å². The Kier molecular flexibility index (Phi) is 3.37. The maximum absolute atomic E-state index is 12.4. The van der Waals surface area contributed by atoms with E-state index < -0.39 is 31.5 Å². The average molecular weight is 310 g/mol. The van der Waals surface area contributed by atoms with Crippen LogP contribution >= 0.6 is 0 Å². The van der Waals surface area contributed by atoms with Crippen molar-refractivity contribution in [3.05, 3.63) is 44.5 Å². The highest BCUT2D eigenvalue weighted by atomic mass is 32.2. The Hall–Kier alpha value is -2.22. The molecule has 8 heteroatoms. The topological polar surface area (TPSA) is 117 Å². The lowest BCUT2D eigenvalue weighted by atomic mass is 10.00. The molecular weight excluding hydrogens is 296 g/mol. The molecule has 0 aliphatic heterocycles. The number of benzene rings is 1. The molecule has 112 valence electrons. The summed E-state index contributed by atoms with van der Waals surface area (Å²) in [5.74, 6) is -0.584. The Balaban J connectivity index is 2.64. The third-order valence-corrected chi connectivity index (χ3v) is 5.50. The second-order valence-electron chi connectivity index (χ2n) is 5.28. The summed E-state index contributed by atoms with van der Waals surface area (Å²) in [6, 6.07) is 4.20. The van der Waals surface area contributed by atoms with Crippen LogP contribution < -0.4 is 11.1 Å². The van der Waals surface area contributed by atoms with Gasteiger partial charge in [0.05, 0.1) is 11.0 Å². The fourth-order valence-electron chi connectivity index (χ4n) is 1.77. The summed E-state index contributed by atoms with van der Waals surface area (Å²) in [5, 5.41) is 0. The largest absolute Gasteiger partial charge is 0.316 e. The number of rotatable bonds is 3. The monoisotopic (exact) mass is 310 g/mol. The smallest absolute Gasteiger partial charge is 0.314 e. The van der Waals surface area contributed by atoms with Crippen molar-refractivity contribution in [3.63, 3.8) is 0 Å². The number of carbonyl (C=O) groups excluding carboxylic acids is 1. The lowest BCUT2D eigenvalue weighted by Crippen LogP contribution is -2.40. The number of aromatic amines is 2. The molecule has 0 spiro atoms. The first-order chi connectivity index (χ1) is 9.54. The lowest BCUT2D eigenvalue weighted by molar-refractivity contribution is 0.0954. The highest BCUT2D eigenvalue weighted by Crippen LogP contribution is 2.22. The SMILES string of the molecule is CC(C)(C(=O)c1ccc2[nH]c(=O)c(=O)[nH]c2c1)S(C)(=O)=O. The molecule has 0 aliphatic carbocycles. The normalized spacial score (nSPS) is 12.5. The fourth-order valence-corrected chi connectivity index (χ4v) is 2.23. The molecule has 1 aromatic heterocycles. The van der Waals surface area contributed by atoms with Gasteiger partial charge in [-0.15, -0.1) is 0 Å². The maximum Gasteiger partial charge on any atom is 0.314 e. The number of hydrogen-bond acceptors (Lipinski definition) is 5. The summed E-state index contributed by atoms with van der Waals surface area (Å²) in [4.78, 5) is 39.6. The number of H-pyrrole nitrogens is 2. The number of Topliss-reactive ketones (excluding diaryl/α,β-unsaturated/α-hetero) is 1. The maximum atomic E-state index is 12.4. The first-order valence-corrected chi connectivity index (χ1v) is 7.94. The molecule has 0 bridgehead atoms. The van der Waals surface area contributed by atoms with E-state index in [1.807, 2.05) is 0 Å². The van der Waals surface area contributed by atoms with Crippen molar-refractivity contribution in [2.24, 2.45) is 0 Å². The van der Waals surface area contributed by atoms with Crippen LogP contribution in [0.15, 0.2) is 27.8 Å². The van der Waals surface area contributed by atoms with Crippen LogP contribution in [0.4, 0.5) is 0 Å². The van der Waals surface area contributed by atoms with E-state index in [0.29, 0.717) is 5.52 Å². The number of aromatic nitrogens is 2. The number of hydrogen-bond donors (Lipinski definition) is 2. The minimum Gasteiger partial charge on any atom is -0.316 e. The molecule has 0 amide bonds. The van der Waals surface area contributed by atoms with Crippen LogP contribution in [0.25, 0.3) is 11.0 Å². The summed E-state index contributed by atoms with van der Waals surface area (Å²) >= 11 is 0. The van der Waals surface area contributed by atoms with Gasteiger partial charge in [-0.05, 0) is 32.0 Å². The van der Waals surface area contributed by atoms with E-state index in [4.69, 9.17) is 0 Å². The number of nitrogens with one attached hydrogen (secondary N) is 2. The second-order valence-corrected chi connectivity index (χ2v) is 7.85. The van der Waals surface area contributed by atoms with Gasteiger partial charge in [-0.1, -0.05) is 0 Å². The van der Waals surface area contributed by atoms with Crippen molar-refractivity contribution in [2.75, 3.05) is 6.26 Å². The summed E-state index contributed by atoms with van der Waals surface area (Å²) in [5.41, 5.74) is -0.879. The van der Waals surface area contributed by atoms with E-state index in [-0.39, 0.29) is 11.1 Å². The molecule has 1 heterocycles. The van der Waals surface area contributed by atoms with Crippen LogP contribution in [0.5, 0.6) is 0 Å². The quantitative estimate of drug-likeness (QED) is 0.621. The van der Waals surface area contributed by atoms with E-state index in [1.54, 1.807) is 0 Å². The Morgan fingerprint density at radius 3 is 2.10 bits per heavy atom. The highest BCUT2D eigenvalue weighted by molar-refractivity contribution is 7.92. The van der Waals surface area contributed by atoms with E-state index in [1.165, 1.54) is 32.0 Å². The second kappa shape index (κ2) is 4.66. The Morgan fingerprint density at radius 1 is 1.05 bits per heavy atom. The molecule has 0 unspecified atom stereocenters. The Bertz CT molecular complexity index is 950. The molecule has 0 fully saturated rings. The predicted molar refractivity (Wildman–Crippen MR) is 78.4 cm³/mol. The standard InChI is InChI=1S/C13H14N2O5S/c1-13(2,21(3,19)20)10(16)7-4-5-8-9(6-7)15-12(18)11(17)14-8/h4-6H,1-3H3,(H,14,17)(H,15,18). The van der Waals surface area contributed by atoms with Crippen LogP contribution in [-0.2, 0) is 9.84 Å². The van der Waals surface area contributed by atoms with Crippen molar-refractivity contribution < 1.29 is 13.2 Å². The Morgan fingerprint density at radius 2 is 1.57 bits per heavy atom. The van der Waals surface area contributed by atoms with Crippen LogP contribution in [0, 0.1) is 0 Å². The summed E-state index contributed by atoms with van der Waals surface area (Å²) in [6.07, 6.45) is 0.991. The molecule has 0 saturated heterocycles. The molecule has 21 heavy (non-hydrogen) atoms. The molecule has 2 rings (SSSR count). The fraction of sp³-hybridized carbons (Fsp3) is 0.308. The van der Waals surface area contributed by atoms with Gasteiger partial charge in [-0.25, -0.2) is 8.42 Å². The first-order valence-electron chi connectivity index (χ1n) is 6.05. The van der Waals surface area contributed by atoms with Gasteiger partial charge >= 0.3 is 11.1 Å². The summed E-state index contributed by atoms with van der Waals surface area (Å²) < 4.78 is 21.8. The number of carbonyl (C=O) groups is 1. The third kappa shape index (κ3) is 2.54. The van der Waals surface area contributed by atoms with Crippen LogP contribution in [0.3, 0.4) is 0 Å². The number of fused-ring (bicyclic) bond motifs is 1. The highest BCUT2D eigenvalue weighted by Gasteiger charge is 2.38. The average Bonchev–Trinajstić information content (AvgIpc) is 2.37. The van der Waals surface area contributed by atoms with Crippen molar-refractivity contribution in [1.29, 1.82) is 0 Å². The molecule has 0 saturated carbocycles. The molecule has 0 radical (unpaired) electrons. The van der Waals surface area contributed by atoms with E-state index >= 15 is 0 Å². The number of sulfone groups is 1. The van der Waals surface area contributed by atoms with Gasteiger partial charge < -0.3 is 9.97 Å². The third-order valence-electron chi connectivity index (χ3n) is 3.46. The van der Waals surface area contributed by atoms with Gasteiger partial charge in [-0.3, -0.25) is 14.4 Å². The van der Waals surface area contributed by atoms with E-state index in [2.05, 4.69) is 9.97 Å². The van der Waals surface area contributed by atoms with Crippen molar-refractivity contribution in [3.8, 4) is 0 Å². The van der Waals surface area contributed by atoms with E-state index in [0.717, 1.165) is 6.26 Å². The van der Waals surface area contributed by atoms with Crippen molar-refractivity contribution >= 4 is 26.7 Å². The van der Waals surface area contributed by atoms with E-state index in [9.17, 15) is 22.8 Å². The zero-order chi connectivity index (χ0) is 16.0. The molecule has 0 aliphatic rings. The zero-order valence-corrected chi connectivity index (χ0v) is 12.5. The molecule has 2 aromatic rings. The molecular formula is C13H14N2O5S. The summed E-state index contributed by atoms with van der Waals surface area (Å²) in [7, 11) is -3.60. The van der Waals surface area contributed by atoms with Gasteiger partial charge in [0.15, 0.2) is 15.6 Å². The zero-order valence-electron chi connectivity index (χ0n) is 11.7. The van der Waals surface area contributed by atoms with Gasteiger partial charge in [0, 0.05) is 11.8 Å². The molecule has 1 aromatic carbocycles. The molecule has 7 nitrogen and oxygen atoms in total. The van der Waals surface area contributed by atoms with Crippen LogP contribution in [0.1, 0.15) is 24.2 Å². The predicted octanol–water partition coefficient (Wildman–Crippen LogP) is 0.222. The lowest BCUT2D eigenvalue weighted by Gasteiger charge is -2.20.